The van der Waals surface area contributed by atoms with Crippen LogP contribution in [-0.4, -0.2) is 45.5 Å². The first-order chi connectivity index (χ1) is 14.2. The molecule has 2 aliphatic rings. The Labute approximate surface area is 177 Å². The van der Waals surface area contributed by atoms with Crippen LogP contribution in [0.5, 0.6) is 5.75 Å². The van der Waals surface area contributed by atoms with E-state index in [1.807, 2.05) is 19.2 Å². The second kappa shape index (κ2) is 7.96. The number of benzene rings is 2. The smallest absolute Gasteiger partial charge is 0.261 e. The third kappa shape index (κ3) is 4.46. The summed E-state index contributed by atoms with van der Waals surface area (Å²) in [5.74, 6) is 1.06. The van der Waals surface area contributed by atoms with Crippen molar-refractivity contribution in [1.29, 1.82) is 0 Å². The SMILES string of the molecule is C[N+]1(CCOc2ccc3c(c2)C(Cc2ccccc2)C(N)C3)C=NC(S(N)(=O)=O)=C1. The van der Waals surface area contributed by atoms with E-state index in [9.17, 15) is 8.42 Å². The van der Waals surface area contributed by atoms with Crippen molar-refractivity contribution < 1.29 is 17.6 Å². The van der Waals surface area contributed by atoms with E-state index in [0.29, 0.717) is 13.2 Å². The molecule has 1 aliphatic heterocycles. The number of likely N-dealkylation sites (N-methyl/N-ethyl adjacent to an activating group) is 1. The summed E-state index contributed by atoms with van der Waals surface area (Å²) in [4.78, 5) is 3.92. The van der Waals surface area contributed by atoms with E-state index in [4.69, 9.17) is 15.6 Å². The lowest BCUT2D eigenvalue weighted by Gasteiger charge is -2.22. The van der Waals surface area contributed by atoms with Crippen LogP contribution >= 0.6 is 0 Å². The number of fused-ring (bicyclic) bond motifs is 1. The van der Waals surface area contributed by atoms with Crippen molar-refractivity contribution in [1.82, 2.24) is 0 Å². The van der Waals surface area contributed by atoms with E-state index in [1.165, 1.54) is 22.9 Å². The zero-order chi connectivity index (χ0) is 21.4. The van der Waals surface area contributed by atoms with Gasteiger partial charge in [-0.1, -0.05) is 36.4 Å². The molecule has 7 nitrogen and oxygen atoms in total. The highest BCUT2D eigenvalue weighted by Gasteiger charge is 2.31. The van der Waals surface area contributed by atoms with Crippen molar-refractivity contribution in [3.05, 3.63) is 76.5 Å². The first-order valence-corrected chi connectivity index (χ1v) is 11.5. The molecule has 3 unspecified atom stereocenters. The van der Waals surface area contributed by atoms with Crippen molar-refractivity contribution >= 4 is 16.4 Å². The van der Waals surface area contributed by atoms with Crippen LogP contribution in [0.4, 0.5) is 0 Å². The molecule has 30 heavy (non-hydrogen) atoms. The quantitative estimate of drug-likeness (QED) is 0.658. The molecule has 0 radical (unpaired) electrons. The molecule has 0 saturated carbocycles. The largest absolute Gasteiger partial charge is 0.488 e. The Morgan fingerprint density at radius 3 is 2.67 bits per heavy atom. The number of quaternary nitrogens is 1. The van der Waals surface area contributed by atoms with Crippen molar-refractivity contribution in [2.75, 3.05) is 20.2 Å². The Morgan fingerprint density at radius 1 is 1.20 bits per heavy atom. The summed E-state index contributed by atoms with van der Waals surface area (Å²) in [6.07, 6.45) is 4.86. The molecule has 1 aliphatic carbocycles. The van der Waals surface area contributed by atoms with Gasteiger partial charge in [0.2, 0.25) is 5.03 Å². The van der Waals surface area contributed by atoms with Crippen LogP contribution in [0.15, 0.2) is 64.8 Å². The summed E-state index contributed by atoms with van der Waals surface area (Å²) >= 11 is 0. The maximum absolute atomic E-state index is 11.5. The second-order valence-corrected chi connectivity index (χ2v) is 9.71. The van der Waals surface area contributed by atoms with E-state index >= 15 is 0 Å². The maximum Gasteiger partial charge on any atom is 0.261 e. The highest BCUT2D eigenvalue weighted by Crippen LogP contribution is 2.37. The minimum Gasteiger partial charge on any atom is -0.488 e. The van der Waals surface area contributed by atoms with Gasteiger partial charge in [-0.05, 0) is 41.7 Å². The minimum absolute atomic E-state index is 0.0995. The maximum atomic E-state index is 11.5. The van der Waals surface area contributed by atoms with Gasteiger partial charge in [0, 0.05) is 12.0 Å². The van der Waals surface area contributed by atoms with Crippen molar-refractivity contribution in [2.45, 2.75) is 24.8 Å². The van der Waals surface area contributed by atoms with E-state index in [2.05, 4.69) is 41.4 Å². The number of hydrogen-bond acceptors (Lipinski definition) is 5. The van der Waals surface area contributed by atoms with Crippen LogP contribution in [0.1, 0.15) is 22.6 Å². The molecule has 4 N–H and O–H groups in total. The minimum atomic E-state index is -3.80. The number of rotatable bonds is 7. The molecule has 2 aromatic carbocycles. The number of aliphatic imine (C=N–C) groups is 1. The monoisotopic (exact) mass is 427 g/mol. The van der Waals surface area contributed by atoms with Gasteiger partial charge in [-0.2, -0.15) is 4.99 Å². The molecule has 0 spiro atoms. The van der Waals surface area contributed by atoms with Gasteiger partial charge in [-0.15, -0.1) is 0 Å². The number of nitrogens with two attached hydrogens (primary N) is 2. The summed E-state index contributed by atoms with van der Waals surface area (Å²) in [5.41, 5.74) is 10.3. The summed E-state index contributed by atoms with van der Waals surface area (Å²) in [6, 6.07) is 16.7. The number of hydrogen-bond donors (Lipinski definition) is 2. The molecule has 8 heteroatoms. The van der Waals surface area contributed by atoms with Crippen LogP contribution in [0.2, 0.25) is 0 Å². The number of sulfonamides is 1. The number of ether oxygens (including phenoxy) is 1. The Hall–Kier alpha value is -2.52. The topological polar surface area (TPSA) is 108 Å². The van der Waals surface area contributed by atoms with Gasteiger partial charge in [0.15, 0.2) is 6.34 Å². The Bertz CT molecular complexity index is 1100. The van der Waals surface area contributed by atoms with Gasteiger partial charge in [0.25, 0.3) is 10.0 Å². The molecule has 0 bridgehead atoms. The molecular weight excluding hydrogens is 400 g/mol. The van der Waals surface area contributed by atoms with Gasteiger partial charge in [0.05, 0.1) is 7.05 Å². The molecule has 158 valence electrons. The lowest BCUT2D eigenvalue weighted by atomic mass is 9.91. The van der Waals surface area contributed by atoms with Crippen molar-refractivity contribution in [2.24, 2.45) is 15.9 Å². The van der Waals surface area contributed by atoms with Crippen LogP contribution in [0.3, 0.4) is 0 Å². The fourth-order valence-electron chi connectivity index (χ4n) is 4.09. The average molecular weight is 428 g/mol. The third-order valence-electron chi connectivity index (χ3n) is 5.78. The normalized spacial score (nSPS) is 25.2. The summed E-state index contributed by atoms with van der Waals surface area (Å²) in [6.45, 7) is 0.942. The molecule has 3 atom stereocenters. The van der Waals surface area contributed by atoms with Gasteiger partial charge < -0.3 is 10.5 Å². The van der Waals surface area contributed by atoms with Crippen LogP contribution in [0.25, 0.3) is 0 Å². The van der Waals surface area contributed by atoms with Crippen molar-refractivity contribution in [3.8, 4) is 5.75 Å². The van der Waals surface area contributed by atoms with Gasteiger partial charge in [-0.25, -0.2) is 13.6 Å². The predicted molar refractivity (Wildman–Crippen MR) is 117 cm³/mol. The van der Waals surface area contributed by atoms with Gasteiger partial charge in [0.1, 0.15) is 25.1 Å². The molecule has 0 saturated heterocycles. The zero-order valence-corrected chi connectivity index (χ0v) is 17.8. The zero-order valence-electron chi connectivity index (χ0n) is 16.9. The highest BCUT2D eigenvalue weighted by molar-refractivity contribution is 7.93. The number of nitrogens with zero attached hydrogens (tertiary/aromatic N) is 2. The third-order valence-corrected chi connectivity index (χ3v) is 6.57. The first kappa shape index (κ1) is 20.7. The second-order valence-electron chi connectivity index (χ2n) is 8.20. The first-order valence-electron chi connectivity index (χ1n) is 9.94. The van der Waals surface area contributed by atoms with Crippen molar-refractivity contribution in [3.63, 3.8) is 0 Å². The lowest BCUT2D eigenvalue weighted by Crippen LogP contribution is -2.38. The Kier molecular flexibility index (Phi) is 5.50. The fourth-order valence-corrected chi connectivity index (χ4v) is 4.67. The van der Waals surface area contributed by atoms with E-state index in [1.54, 1.807) is 6.34 Å². The van der Waals surface area contributed by atoms with E-state index < -0.39 is 10.0 Å². The van der Waals surface area contributed by atoms with Crippen LogP contribution in [-0.2, 0) is 22.9 Å². The van der Waals surface area contributed by atoms with Gasteiger partial charge in [-0.3, -0.25) is 4.48 Å². The molecule has 2 aromatic rings. The molecule has 4 rings (SSSR count). The lowest BCUT2D eigenvalue weighted by molar-refractivity contribution is -0.756. The summed E-state index contributed by atoms with van der Waals surface area (Å²) in [5, 5.41) is 5.04. The summed E-state index contributed by atoms with van der Waals surface area (Å²) < 4.78 is 29.1. The highest BCUT2D eigenvalue weighted by atomic mass is 32.2. The Balaban J connectivity index is 1.43. The number of primary sulfonamides is 1. The average Bonchev–Trinajstić information content (AvgIpc) is 3.24. The summed E-state index contributed by atoms with van der Waals surface area (Å²) in [7, 11) is -1.95. The van der Waals surface area contributed by atoms with Crippen LogP contribution < -0.4 is 15.6 Å². The standard InChI is InChI=1S/C22H27N4O3S/c1-26(14-22(25-15-26)30(24,27)28)9-10-29-18-8-7-17-12-21(23)20(19(17)13-18)11-16-5-3-2-4-6-16/h2-8,13-15,20-21H,9-12,23H2,1H3,(H2,24,27,28)/q+1. The molecule has 0 amide bonds. The molecule has 1 heterocycles. The molecular formula is C22H27N4O3S+. The predicted octanol–water partition coefficient (Wildman–Crippen LogP) is 1.85. The van der Waals surface area contributed by atoms with Gasteiger partial charge >= 0.3 is 0 Å². The van der Waals surface area contributed by atoms with Crippen LogP contribution in [0, 0.1) is 0 Å². The van der Waals surface area contributed by atoms with E-state index in [0.717, 1.165) is 18.6 Å². The fraction of sp³-hybridized carbons (Fsp3) is 0.318. The Morgan fingerprint density at radius 2 is 1.97 bits per heavy atom. The molecule has 0 aromatic heterocycles. The van der Waals surface area contributed by atoms with E-state index in [-0.39, 0.29) is 21.5 Å². The molecule has 0 fully saturated rings.